The number of aryl methyl sites for hydroxylation is 3. The molecule has 0 radical (unpaired) electrons. The van der Waals surface area contributed by atoms with Crippen LogP contribution in [0.5, 0.6) is 0 Å². The second kappa shape index (κ2) is 4.30. The fraction of sp³-hybridized carbons (Fsp3) is 0.231. The highest BCUT2D eigenvalue weighted by Gasteiger charge is 2.05. The van der Waals surface area contributed by atoms with Gasteiger partial charge in [-0.1, -0.05) is 18.3 Å². The minimum atomic E-state index is -0.273. The third-order valence-electron chi connectivity index (χ3n) is 2.89. The van der Waals surface area contributed by atoms with E-state index in [4.69, 9.17) is 12.2 Å². The highest BCUT2D eigenvalue weighted by molar-refractivity contribution is 7.71. The van der Waals surface area contributed by atoms with Crippen molar-refractivity contribution in [3.05, 3.63) is 50.0 Å². The van der Waals surface area contributed by atoms with Crippen LogP contribution in [-0.2, 0) is 0 Å². The Morgan fingerprint density at radius 2 is 1.59 bits per heavy atom. The van der Waals surface area contributed by atoms with Crippen molar-refractivity contribution < 1.29 is 0 Å². The first-order valence-corrected chi connectivity index (χ1v) is 5.80. The van der Waals surface area contributed by atoms with Gasteiger partial charge in [-0.3, -0.25) is 4.98 Å². The molecule has 0 aliphatic heterocycles. The maximum absolute atomic E-state index is 11.4. The smallest absolute Gasteiger partial charge is 0.307 e. The number of benzene rings is 1. The van der Waals surface area contributed by atoms with E-state index in [0.29, 0.717) is 4.64 Å². The van der Waals surface area contributed by atoms with Gasteiger partial charge in [-0.05, 0) is 49.6 Å². The third kappa shape index (κ3) is 2.36. The van der Waals surface area contributed by atoms with Crippen molar-refractivity contribution >= 4 is 12.2 Å². The van der Waals surface area contributed by atoms with Crippen molar-refractivity contribution in [2.75, 3.05) is 0 Å². The van der Waals surface area contributed by atoms with E-state index in [-0.39, 0.29) is 5.69 Å². The Morgan fingerprint density at radius 1 is 0.941 bits per heavy atom. The third-order valence-corrected chi connectivity index (χ3v) is 3.11. The van der Waals surface area contributed by atoms with Crippen LogP contribution >= 0.6 is 12.2 Å². The van der Waals surface area contributed by atoms with Crippen molar-refractivity contribution in [3.8, 4) is 11.3 Å². The van der Waals surface area contributed by atoms with Crippen LogP contribution in [0.2, 0.25) is 0 Å². The SMILES string of the molecule is Cc1cc(C)c(-c2cc(=S)[nH]c(=O)[nH]2)cc1C. The standard InChI is InChI=1S/C13H14N2OS/c1-7-4-9(3)10(5-8(7)2)11-6-12(17)15-13(16)14-11/h4-6H,1-3H3,(H2,14,15,16,17). The monoisotopic (exact) mass is 246 g/mol. The van der Waals surface area contributed by atoms with Crippen molar-refractivity contribution in [1.82, 2.24) is 9.97 Å². The summed E-state index contributed by atoms with van der Waals surface area (Å²) in [5.74, 6) is 0. The second-order valence-corrected chi connectivity index (χ2v) is 4.69. The van der Waals surface area contributed by atoms with E-state index in [2.05, 4.69) is 35.9 Å². The molecule has 88 valence electrons. The molecule has 0 unspecified atom stereocenters. The molecule has 0 saturated carbocycles. The van der Waals surface area contributed by atoms with Gasteiger partial charge in [0.2, 0.25) is 0 Å². The quantitative estimate of drug-likeness (QED) is 0.760. The van der Waals surface area contributed by atoms with Gasteiger partial charge in [0.05, 0.1) is 5.69 Å². The molecule has 0 aliphatic rings. The zero-order valence-electron chi connectivity index (χ0n) is 10.0. The number of hydrogen-bond donors (Lipinski definition) is 2. The van der Waals surface area contributed by atoms with Crippen molar-refractivity contribution in [3.63, 3.8) is 0 Å². The van der Waals surface area contributed by atoms with Crippen molar-refractivity contribution in [2.24, 2.45) is 0 Å². The summed E-state index contributed by atoms with van der Waals surface area (Å²) >= 11 is 5.01. The van der Waals surface area contributed by atoms with Gasteiger partial charge in [0.25, 0.3) is 0 Å². The highest BCUT2D eigenvalue weighted by Crippen LogP contribution is 2.23. The maximum Gasteiger partial charge on any atom is 0.324 e. The van der Waals surface area contributed by atoms with E-state index in [9.17, 15) is 4.79 Å². The van der Waals surface area contributed by atoms with E-state index < -0.39 is 0 Å². The lowest BCUT2D eigenvalue weighted by Gasteiger charge is -2.09. The molecule has 0 amide bonds. The summed E-state index contributed by atoms with van der Waals surface area (Å²) in [7, 11) is 0. The zero-order chi connectivity index (χ0) is 12.6. The van der Waals surface area contributed by atoms with E-state index in [1.165, 1.54) is 11.1 Å². The summed E-state index contributed by atoms with van der Waals surface area (Å²) in [5, 5.41) is 0. The van der Waals surface area contributed by atoms with Gasteiger partial charge in [-0.2, -0.15) is 0 Å². The van der Waals surface area contributed by atoms with Crippen LogP contribution in [0.4, 0.5) is 0 Å². The Hall–Kier alpha value is -1.68. The molecule has 3 nitrogen and oxygen atoms in total. The summed E-state index contributed by atoms with van der Waals surface area (Å²) in [5.41, 5.74) is 5.08. The van der Waals surface area contributed by atoms with Gasteiger partial charge < -0.3 is 4.98 Å². The normalized spacial score (nSPS) is 10.5. The van der Waals surface area contributed by atoms with Gasteiger partial charge in [0.15, 0.2) is 0 Å². The summed E-state index contributed by atoms with van der Waals surface area (Å²) in [4.78, 5) is 16.7. The van der Waals surface area contributed by atoms with E-state index in [1.807, 2.05) is 6.92 Å². The molecule has 2 rings (SSSR count). The molecule has 2 N–H and O–H groups in total. The Bertz CT molecular complexity index is 654. The number of nitrogens with one attached hydrogen (secondary N) is 2. The Morgan fingerprint density at radius 3 is 2.24 bits per heavy atom. The second-order valence-electron chi connectivity index (χ2n) is 4.25. The number of hydrogen-bond acceptors (Lipinski definition) is 2. The first-order valence-electron chi connectivity index (χ1n) is 5.39. The van der Waals surface area contributed by atoms with Crippen molar-refractivity contribution in [2.45, 2.75) is 20.8 Å². The van der Waals surface area contributed by atoms with E-state index in [0.717, 1.165) is 16.8 Å². The summed E-state index contributed by atoms with van der Waals surface area (Å²) < 4.78 is 0.446. The van der Waals surface area contributed by atoms with Crippen LogP contribution in [0.3, 0.4) is 0 Å². The van der Waals surface area contributed by atoms with Crippen LogP contribution in [0, 0.1) is 25.4 Å². The van der Waals surface area contributed by atoms with E-state index in [1.54, 1.807) is 6.07 Å². The fourth-order valence-electron chi connectivity index (χ4n) is 1.86. The number of rotatable bonds is 1. The lowest BCUT2D eigenvalue weighted by molar-refractivity contribution is 1.06. The fourth-order valence-corrected chi connectivity index (χ4v) is 2.08. The first kappa shape index (κ1) is 11.8. The van der Waals surface area contributed by atoms with Crippen molar-refractivity contribution in [1.29, 1.82) is 0 Å². The molecule has 1 aromatic heterocycles. The van der Waals surface area contributed by atoms with Gasteiger partial charge >= 0.3 is 5.69 Å². The Kier molecular flexibility index (Phi) is 2.98. The largest absolute Gasteiger partial charge is 0.324 e. The predicted molar refractivity (Wildman–Crippen MR) is 71.9 cm³/mol. The molecule has 2 aromatic rings. The Balaban J connectivity index is 2.72. The van der Waals surface area contributed by atoms with Gasteiger partial charge in [0.1, 0.15) is 4.64 Å². The van der Waals surface area contributed by atoms with Crippen LogP contribution < -0.4 is 5.69 Å². The molecule has 17 heavy (non-hydrogen) atoms. The van der Waals surface area contributed by atoms with Crippen LogP contribution in [0.1, 0.15) is 16.7 Å². The molecule has 0 atom stereocenters. The number of aromatic amines is 2. The van der Waals surface area contributed by atoms with Gasteiger partial charge in [0, 0.05) is 5.56 Å². The van der Waals surface area contributed by atoms with Gasteiger partial charge in [-0.25, -0.2) is 4.79 Å². The summed E-state index contributed by atoms with van der Waals surface area (Å²) in [6, 6.07) is 5.96. The van der Waals surface area contributed by atoms with Crippen LogP contribution in [0.15, 0.2) is 23.0 Å². The van der Waals surface area contributed by atoms with Crippen LogP contribution in [0.25, 0.3) is 11.3 Å². The Labute approximate surface area is 105 Å². The molecule has 1 heterocycles. The molecule has 0 bridgehead atoms. The maximum atomic E-state index is 11.4. The van der Waals surface area contributed by atoms with Gasteiger partial charge in [-0.15, -0.1) is 0 Å². The molecule has 0 saturated heterocycles. The summed E-state index contributed by atoms with van der Waals surface area (Å²) in [6.07, 6.45) is 0. The zero-order valence-corrected chi connectivity index (χ0v) is 10.9. The lowest BCUT2D eigenvalue weighted by Crippen LogP contribution is -2.10. The average molecular weight is 246 g/mol. The number of H-pyrrole nitrogens is 2. The highest BCUT2D eigenvalue weighted by atomic mass is 32.1. The summed E-state index contributed by atoms with van der Waals surface area (Å²) in [6.45, 7) is 6.16. The average Bonchev–Trinajstić information content (AvgIpc) is 2.22. The molecule has 1 aromatic carbocycles. The lowest BCUT2D eigenvalue weighted by atomic mass is 9.99. The molecular weight excluding hydrogens is 232 g/mol. The number of aromatic nitrogens is 2. The molecule has 4 heteroatoms. The molecule has 0 spiro atoms. The predicted octanol–water partition coefficient (Wildman–Crippen LogP) is 3.02. The molecular formula is C13H14N2OS. The van der Waals surface area contributed by atoms with Crippen LogP contribution in [-0.4, -0.2) is 9.97 Å². The molecule has 0 fully saturated rings. The minimum absolute atomic E-state index is 0.273. The first-order chi connectivity index (χ1) is 7.97. The minimum Gasteiger partial charge on any atom is -0.307 e. The topological polar surface area (TPSA) is 48.6 Å². The van der Waals surface area contributed by atoms with E-state index >= 15 is 0 Å². The molecule has 0 aliphatic carbocycles.